The Labute approximate surface area is 103 Å². The molecule has 0 spiro atoms. The molecule has 4 nitrogen and oxygen atoms in total. The molecule has 1 aliphatic rings. The molecule has 1 unspecified atom stereocenters. The number of aryl methyl sites for hydroxylation is 1. The summed E-state index contributed by atoms with van der Waals surface area (Å²) >= 11 is 0. The van der Waals surface area contributed by atoms with Crippen LogP contribution in [0.25, 0.3) is 0 Å². The Kier molecular flexibility index (Phi) is 2.98. The molecule has 1 saturated carbocycles. The molecule has 1 aromatic heterocycles. The highest BCUT2D eigenvalue weighted by Gasteiger charge is 2.46. The monoisotopic (exact) mass is 234 g/mol. The van der Waals surface area contributed by atoms with Gasteiger partial charge in [-0.1, -0.05) is 20.8 Å². The van der Waals surface area contributed by atoms with Crippen molar-refractivity contribution in [2.45, 2.75) is 53.0 Å². The quantitative estimate of drug-likeness (QED) is 0.840. The summed E-state index contributed by atoms with van der Waals surface area (Å²) in [5.74, 6) is 2.36. The number of nitrogens with one attached hydrogen (secondary N) is 1. The number of anilines is 2. The van der Waals surface area contributed by atoms with E-state index < -0.39 is 0 Å². The Balaban J connectivity index is 2.20. The van der Waals surface area contributed by atoms with Gasteiger partial charge in [0.2, 0.25) is 0 Å². The van der Waals surface area contributed by atoms with Crippen LogP contribution in [0.5, 0.6) is 0 Å². The lowest BCUT2D eigenvalue weighted by atomic mass is 10.2. The Hall–Kier alpha value is -1.32. The lowest BCUT2D eigenvalue weighted by molar-refractivity contribution is 0.629. The van der Waals surface area contributed by atoms with Crippen LogP contribution in [0.1, 0.15) is 45.0 Å². The van der Waals surface area contributed by atoms with Crippen LogP contribution >= 0.6 is 0 Å². The average Bonchev–Trinajstić information content (AvgIpc) is 2.82. The number of nitrogen functional groups attached to an aromatic ring is 1. The van der Waals surface area contributed by atoms with Gasteiger partial charge in [-0.2, -0.15) is 0 Å². The summed E-state index contributed by atoms with van der Waals surface area (Å²) in [4.78, 5) is 8.88. The molecule has 94 valence electrons. The lowest BCUT2D eigenvalue weighted by Gasteiger charge is -2.12. The highest BCUT2D eigenvalue weighted by atomic mass is 15.1. The molecule has 1 aliphatic carbocycles. The van der Waals surface area contributed by atoms with Gasteiger partial charge in [-0.05, 0) is 25.2 Å². The predicted molar refractivity (Wildman–Crippen MR) is 71.0 cm³/mol. The predicted octanol–water partition coefficient (Wildman–Crippen LogP) is 2.53. The minimum Gasteiger partial charge on any atom is -0.383 e. The first-order valence-electron chi connectivity index (χ1n) is 6.33. The largest absolute Gasteiger partial charge is 0.383 e. The van der Waals surface area contributed by atoms with Crippen molar-refractivity contribution in [3.63, 3.8) is 0 Å². The third kappa shape index (κ3) is 2.51. The van der Waals surface area contributed by atoms with Crippen molar-refractivity contribution in [2.24, 2.45) is 5.41 Å². The molecule has 4 heteroatoms. The summed E-state index contributed by atoms with van der Waals surface area (Å²) in [5.41, 5.74) is 7.28. The van der Waals surface area contributed by atoms with Crippen LogP contribution in [0.3, 0.4) is 0 Å². The molecule has 3 N–H and O–H groups in total. The molecule has 0 radical (unpaired) electrons. The molecular weight excluding hydrogens is 212 g/mol. The van der Waals surface area contributed by atoms with Crippen molar-refractivity contribution in [2.75, 3.05) is 11.1 Å². The number of hydrogen-bond acceptors (Lipinski definition) is 4. The van der Waals surface area contributed by atoms with E-state index in [1.807, 2.05) is 6.92 Å². The summed E-state index contributed by atoms with van der Waals surface area (Å²) in [5, 5.41) is 3.48. The van der Waals surface area contributed by atoms with E-state index in [-0.39, 0.29) is 0 Å². The van der Waals surface area contributed by atoms with Crippen LogP contribution in [0, 0.1) is 12.3 Å². The van der Waals surface area contributed by atoms with Gasteiger partial charge in [0.05, 0.1) is 0 Å². The number of nitrogens with zero attached hydrogens (tertiary/aromatic N) is 2. The molecule has 17 heavy (non-hydrogen) atoms. The maximum atomic E-state index is 5.92. The van der Waals surface area contributed by atoms with Crippen LogP contribution in [0.2, 0.25) is 0 Å². The van der Waals surface area contributed by atoms with Gasteiger partial charge in [-0.3, -0.25) is 0 Å². The van der Waals surface area contributed by atoms with E-state index in [0.29, 0.717) is 17.3 Å². The summed E-state index contributed by atoms with van der Waals surface area (Å²) in [6.45, 7) is 8.62. The second-order valence-corrected chi connectivity index (χ2v) is 5.64. The van der Waals surface area contributed by atoms with Gasteiger partial charge in [0.1, 0.15) is 17.5 Å². The molecule has 0 amide bonds. The van der Waals surface area contributed by atoms with Gasteiger partial charge in [0.15, 0.2) is 0 Å². The molecule has 1 fully saturated rings. The van der Waals surface area contributed by atoms with E-state index in [0.717, 1.165) is 30.0 Å². The zero-order chi connectivity index (χ0) is 12.6. The fourth-order valence-electron chi connectivity index (χ4n) is 1.94. The first kappa shape index (κ1) is 12.1. The minimum absolute atomic E-state index is 0.386. The number of aromatic nitrogens is 2. The lowest BCUT2D eigenvalue weighted by Crippen LogP contribution is -2.14. The van der Waals surface area contributed by atoms with Crippen molar-refractivity contribution in [3.8, 4) is 0 Å². The Morgan fingerprint density at radius 2 is 2.06 bits per heavy atom. The van der Waals surface area contributed by atoms with Crippen LogP contribution < -0.4 is 11.1 Å². The van der Waals surface area contributed by atoms with Crippen molar-refractivity contribution in [1.29, 1.82) is 0 Å². The zero-order valence-corrected chi connectivity index (χ0v) is 11.2. The molecular formula is C13H22N4. The van der Waals surface area contributed by atoms with E-state index in [2.05, 4.69) is 36.1 Å². The molecule has 1 heterocycles. The maximum Gasteiger partial charge on any atom is 0.135 e. The summed E-state index contributed by atoms with van der Waals surface area (Å²) < 4.78 is 0. The van der Waals surface area contributed by atoms with E-state index in [1.54, 1.807) is 0 Å². The molecule has 0 aliphatic heterocycles. The topological polar surface area (TPSA) is 63.8 Å². The van der Waals surface area contributed by atoms with E-state index in [9.17, 15) is 0 Å². The smallest absolute Gasteiger partial charge is 0.135 e. The van der Waals surface area contributed by atoms with Crippen LogP contribution in [0.15, 0.2) is 0 Å². The van der Waals surface area contributed by atoms with Gasteiger partial charge in [-0.15, -0.1) is 0 Å². The van der Waals surface area contributed by atoms with E-state index >= 15 is 0 Å². The van der Waals surface area contributed by atoms with Gasteiger partial charge in [0.25, 0.3) is 0 Å². The second kappa shape index (κ2) is 4.17. The normalized spacial score (nSPS) is 21.3. The number of rotatable bonds is 4. The number of nitrogens with two attached hydrogens (primary N) is 1. The molecule has 0 aromatic carbocycles. The third-order valence-electron chi connectivity index (χ3n) is 3.53. The second-order valence-electron chi connectivity index (χ2n) is 5.64. The zero-order valence-electron chi connectivity index (χ0n) is 11.2. The maximum absolute atomic E-state index is 5.92. The first-order chi connectivity index (χ1) is 7.94. The van der Waals surface area contributed by atoms with Crippen molar-refractivity contribution in [3.05, 3.63) is 11.4 Å². The standard InChI is InChI=1S/C13H22N4/c1-5-6-10-16-11(14)8(2)12(17-10)15-9-7-13(9,3)4/h9H,5-7H2,1-4H3,(H3,14,15,16,17). The summed E-state index contributed by atoms with van der Waals surface area (Å²) in [6, 6.07) is 0.518. The molecule has 0 bridgehead atoms. The van der Waals surface area contributed by atoms with Gasteiger partial charge in [0, 0.05) is 18.0 Å². The van der Waals surface area contributed by atoms with E-state index in [1.165, 1.54) is 6.42 Å². The number of hydrogen-bond donors (Lipinski definition) is 2. The third-order valence-corrected chi connectivity index (χ3v) is 3.53. The molecule has 1 aromatic rings. The summed E-state index contributed by atoms with van der Waals surface area (Å²) in [6.07, 6.45) is 3.11. The van der Waals surface area contributed by atoms with Crippen molar-refractivity contribution >= 4 is 11.6 Å². The Morgan fingerprint density at radius 1 is 1.41 bits per heavy atom. The van der Waals surface area contributed by atoms with Crippen LogP contribution in [0.4, 0.5) is 11.6 Å². The fraction of sp³-hybridized carbons (Fsp3) is 0.692. The highest BCUT2D eigenvalue weighted by Crippen LogP contribution is 2.46. The Morgan fingerprint density at radius 3 is 2.59 bits per heavy atom. The molecule has 1 atom stereocenters. The summed E-state index contributed by atoms with van der Waals surface area (Å²) in [7, 11) is 0. The highest BCUT2D eigenvalue weighted by molar-refractivity contribution is 5.56. The van der Waals surface area contributed by atoms with Crippen LogP contribution in [-0.4, -0.2) is 16.0 Å². The molecule has 2 rings (SSSR count). The van der Waals surface area contributed by atoms with Crippen molar-refractivity contribution < 1.29 is 0 Å². The average molecular weight is 234 g/mol. The Bertz CT molecular complexity index is 426. The molecule has 0 saturated heterocycles. The minimum atomic E-state index is 0.386. The van der Waals surface area contributed by atoms with Crippen LogP contribution in [-0.2, 0) is 6.42 Å². The van der Waals surface area contributed by atoms with E-state index in [4.69, 9.17) is 5.73 Å². The SMILES string of the molecule is CCCc1nc(N)c(C)c(NC2CC2(C)C)n1. The first-order valence-corrected chi connectivity index (χ1v) is 6.33. The van der Waals surface area contributed by atoms with Gasteiger partial charge in [-0.25, -0.2) is 9.97 Å². The van der Waals surface area contributed by atoms with Gasteiger partial charge < -0.3 is 11.1 Å². The van der Waals surface area contributed by atoms with Crippen molar-refractivity contribution in [1.82, 2.24) is 9.97 Å². The fourth-order valence-corrected chi connectivity index (χ4v) is 1.94. The van der Waals surface area contributed by atoms with Gasteiger partial charge >= 0.3 is 0 Å².